The normalized spacial score (nSPS) is 11.1. The average molecular weight is 393 g/mol. The number of aromatic hydroxyl groups is 2. The number of rotatable bonds is 2. The molecule has 0 saturated carbocycles. The molecule has 0 spiro atoms. The second kappa shape index (κ2) is 5.90. The van der Waals surface area contributed by atoms with Crippen molar-refractivity contribution in [2.45, 2.75) is 0 Å². The molecule has 4 aromatic rings. The van der Waals surface area contributed by atoms with Crippen molar-refractivity contribution < 1.29 is 15.0 Å². The first-order valence-corrected chi connectivity index (χ1v) is 8.51. The number of benzene rings is 4. The molecule has 0 aromatic heterocycles. The van der Waals surface area contributed by atoms with Gasteiger partial charge in [-0.1, -0.05) is 52.3 Å². The Morgan fingerprint density at radius 3 is 2.32 bits per heavy atom. The Labute approximate surface area is 152 Å². The lowest BCUT2D eigenvalue weighted by atomic mass is 9.90. The second-order valence-corrected chi connectivity index (χ2v) is 6.77. The zero-order valence-electron chi connectivity index (χ0n) is 13.0. The number of fused-ring (bicyclic) bond motifs is 2. The van der Waals surface area contributed by atoms with E-state index in [0.29, 0.717) is 17.4 Å². The zero-order chi connectivity index (χ0) is 17.6. The molecule has 122 valence electrons. The van der Waals surface area contributed by atoms with Crippen molar-refractivity contribution in [2.24, 2.45) is 0 Å². The lowest BCUT2D eigenvalue weighted by molar-refractivity contribution is 0.112. The van der Waals surface area contributed by atoms with Gasteiger partial charge < -0.3 is 10.2 Å². The van der Waals surface area contributed by atoms with Gasteiger partial charge in [-0.05, 0) is 45.8 Å². The van der Waals surface area contributed by atoms with Gasteiger partial charge in [0.25, 0.3) is 0 Å². The quantitative estimate of drug-likeness (QED) is 0.433. The molecule has 0 aliphatic rings. The average Bonchev–Trinajstić information content (AvgIpc) is 2.62. The molecular weight excluding hydrogens is 380 g/mol. The van der Waals surface area contributed by atoms with Crippen LogP contribution in [0.1, 0.15) is 10.4 Å². The summed E-state index contributed by atoms with van der Waals surface area (Å²) in [6.45, 7) is 0. The van der Waals surface area contributed by atoms with E-state index in [-0.39, 0.29) is 17.1 Å². The van der Waals surface area contributed by atoms with Crippen LogP contribution >= 0.6 is 15.9 Å². The van der Waals surface area contributed by atoms with E-state index in [1.807, 2.05) is 48.5 Å². The van der Waals surface area contributed by atoms with Gasteiger partial charge in [0.15, 0.2) is 6.29 Å². The Kier molecular flexibility index (Phi) is 3.70. The van der Waals surface area contributed by atoms with Crippen LogP contribution in [0.25, 0.3) is 32.7 Å². The molecule has 3 nitrogen and oxygen atoms in total. The van der Waals surface area contributed by atoms with Gasteiger partial charge in [0.2, 0.25) is 0 Å². The molecule has 0 heterocycles. The minimum Gasteiger partial charge on any atom is -0.507 e. The van der Waals surface area contributed by atoms with E-state index in [1.54, 1.807) is 12.1 Å². The van der Waals surface area contributed by atoms with E-state index >= 15 is 0 Å². The number of halogens is 1. The molecule has 0 atom stereocenters. The lowest BCUT2D eigenvalue weighted by Crippen LogP contribution is -1.91. The van der Waals surface area contributed by atoms with E-state index < -0.39 is 0 Å². The summed E-state index contributed by atoms with van der Waals surface area (Å²) >= 11 is 3.45. The largest absolute Gasteiger partial charge is 0.507 e. The van der Waals surface area contributed by atoms with Crippen LogP contribution in [-0.2, 0) is 0 Å². The third-order valence-corrected chi connectivity index (χ3v) is 4.88. The number of carbonyl (C=O) groups is 1. The summed E-state index contributed by atoms with van der Waals surface area (Å²) in [6, 6.07) is 18.3. The van der Waals surface area contributed by atoms with Crippen molar-refractivity contribution in [3.05, 3.63) is 70.7 Å². The van der Waals surface area contributed by atoms with Gasteiger partial charge >= 0.3 is 0 Å². The van der Waals surface area contributed by atoms with E-state index in [1.165, 1.54) is 0 Å². The fraction of sp³-hybridized carbons (Fsp3) is 0. The van der Waals surface area contributed by atoms with Gasteiger partial charge in [-0.15, -0.1) is 0 Å². The number of phenolic OH excluding ortho intramolecular Hbond substituents is 2. The van der Waals surface area contributed by atoms with Crippen LogP contribution < -0.4 is 0 Å². The second-order valence-electron chi connectivity index (χ2n) is 5.85. The minimum atomic E-state index is -0.126. The van der Waals surface area contributed by atoms with Crippen molar-refractivity contribution in [1.29, 1.82) is 0 Å². The summed E-state index contributed by atoms with van der Waals surface area (Å²) < 4.78 is 0.923. The molecule has 4 aromatic carbocycles. The van der Waals surface area contributed by atoms with Crippen LogP contribution in [-0.4, -0.2) is 16.5 Å². The Hall–Kier alpha value is -2.85. The highest BCUT2D eigenvalue weighted by Gasteiger charge is 2.19. The van der Waals surface area contributed by atoms with Gasteiger partial charge in [-0.25, -0.2) is 0 Å². The first kappa shape index (κ1) is 15.7. The van der Waals surface area contributed by atoms with Gasteiger partial charge in [0.05, 0.1) is 5.56 Å². The summed E-state index contributed by atoms with van der Waals surface area (Å²) in [4.78, 5) is 11.4. The van der Waals surface area contributed by atoms with Gasteiger partial charge in [-0.2, -0.15) is 0 Å². The highest BCUT2D eigenvalue weighted by molar-refractivity contribution is 9.10. The van der Waals surface area contributed by atoms with Crippen LogP contribution in [0.2, 0.25) is 0 Å². The fourth-order valence-corrected chi connectivity index (χ4v) is 3.63. The smallest absolute Gasteiger partial charge is 0.153 e. The predicted molar refractivity (Wildman–Crippen MR) is 103 cm³/mol. The minimum absolute atomic E-state index is 0.0540. The third kappa shape index (κ3) is 2.46. The molecule has 4 heteroatoms. The molecule has 0 unspecified atom stereocenters. The number of hydrogen-bond donors (Lipinski definition) is 2. The highest BCUT2D eigenvalue weighted by atomic mass is 79.9. The Morgan fingerprint density at radius 1 is 0.800 bits per heavy atom. The molecule has 0 bridgehead atoms. The van der Waals surface area contributed by atoms with Crippen molar-refractivity contribution in [3.63, 3.8) is 0 Å². The van der Waals surface area contributed by atoms with Crippen molar-refractivity contribution in [1.82, 2.24) is 0 Å². The first-order chi connectivity index (χ1) is 12.1. The molecule has 0 radical (unpaired) electrons. The molecule has 0 fully saturated rings. The van der Waals surface area contributed by atoms with Crippen molar-refractivity contribution >= 4 is 43.8 Å². The molecular formula is C21H13BrO3. The third-order valence-electron chi connectivity index (χ3n) is 4.39. The Balaban J connectivity index is 2.22. The van der Waals surface area contributed by atoms with Gasteiger partial charge in [0.1, 0.15) is 11.5 Å². The molecule has 2 N–H and O–H groups in total. The SMILES string of the molecule is O=Cc1cc2ccccc2c(-c2c(O)ccc3cc(Br)ccc23)c1O. The standard InChI is InChI=1S/C21H13BrO3/c22-15-6-7-17-13(10-15)5-8-18(24)19(17)20-16-4-2-1-3-12(16)9-14(11-23)21(20)25/h1-11,24-25H. The molecule has 0 aliphatic carbocycles. The summed E-state index contributed by atoms with van der Waals surface area (Å²) in [5.41, 5.74) is 1.18. The summed E-state index contributed by atoms with van der Waals surface area (Å²) in [5, 5.41) is 24.6. The topological polar surface area (TPSA) is 57.5 Å². The maximum atomic E-state index is 11.4. The van der Waals surface area contributed by atoms with E-state index in [0.717, 1.165) is 26.0 Å². The van der Waals surface area contributed by atoms with Crippen molar-refractivity contribution in [3.8, 4) is 22.6 Å². The van der Waals surface area contributed by atoms with Crippen LogP contribution in [0.15, 0.2) is 65.1 Å². The maximum absolute atomic E-state index is 11.4. The molecule has 25 heavy (non-hydrogen) atoms. The van der Waals surface area contributed by atoms with Crippen LogP contribution in [0, 0.1) is 0 Å². The zero-order valence-corrected chi connectivity index (χ0v) is 14.6. The number of hydrogen-bond acceptors (Lipinski definition) is 3. The number of phenols is 2. The molecule has 0 aliphatic heterocycles. The number of aldehydes is 1. The summed E-state index contributed by atoms with van der Waals surface area (Å²) in [5.74, 6) is -0.0715. The Bertz CT molecular complexity index is 1150. The van der Waals surface area contributed by atoms with Crippen LogP contribution in [0.3, 0.4) is 0 Å². The van der Waals surface area contributed by atoms with Gasteiger partial charge in [-0.3, -0.25) is 4.79 Å². The van der Waals surface area contributed by atoms with E-state index in [9.17, 15) is 15.0 Å². The lowest BCUT2D eigenvalue weighted by Gasteiger charge is -2.15. The summed E-state index contributed by atoms with van der Waals surface area (Å²) in [7, 11) is 0. The van der Waals surface area contributed by atoms with Crippen molar-refractivity contribution in [2.75, 3.05) is 0 Å². The Morgan fingerprint density at radius 2 is 1.52 bits per heavy atom. The number of carbonyl (C=O) groups excluding carboxylic acids is 1. The maximum Gasteiger partial charge on any atom is 0.153 e. The monoisotopic (exact) mass is 392 g/mol. The van der Waals surface area contributed by atoms with E-state index in [2.05, 4.69) is 15.9 Å². The van der Waals surface area contributed by atoms with E-state index in [4.69, 9.17) is 0 Å². The molecule has 0 amide bonds. The molecule has 4 rings (SSSR count). The van der Waals surface area contributed by atoms with Gasteiger partial charge in [0, 0.05) is 15.6 Å². The van der Waals surface area contributed by atoms with Crippen LogP contribution in [0.5, 0.6) is 11.5 Å². The summed E-state index contributed by atoms with van der Waals surface area (Å²) in [6.07, 6.45) is 0.629. The van der Waals surface area contributed by atoms with Crippen LogP contribution in [0.4, 0.5) is 0 Å². The predicted octanol–water partition coefficient (Wildman–Crippen LogP) is 5.65. The first-order valence-electron chi connectivity index (χ1n) is 7.71. The molecule has 0 saturated heterocycles. The fourth-order valence-electron chi connectivity index (χ4n) is 3.25. The highest BCUT2D eigenvalue weighted by Crippen LogP contribution is 2.45.